The first-order chi connectivity index (χ1) is 9.88. The summed E-state index contributed by atoms with van der Waals surface area (Å²) in [6, 6.07) is 8.42. The molecule has 0 spiro atoms. The Morgan fingerprint density at radius 3 is 2.85 bits per heavy atom. The smallest absolute Gasteiger partial charge is 0.119 e. The van der Waals surface area contributed by atoms with Crippen LogP contribution in [-0.2, 0) is 11.3 Å². The maximum Gasteiger partial charge on any atom is 0.119 e. The predicted octanol–water partition coefficient (Wildman–Crippen LogP) is 3.38. The number of benzene rings is 1. The van der Waals surface area contributed by atoms with E-state index in [0.29, 0.717) is 5.92 Å². The summed E-state index contributed by atoms with van der Waals surface area (Å²) in [5, 5.41) is 3.52. The Balaban J connectivity index is 1.65. The van der Waals surface area contributed by atoms with Gasteiger partial charge in [0.25, 0.3) is 0 Å². The number of ether oxygens (including phenoxy) is 2. The molecule has 20 heavy (non-hydrogen) atoms. The molecule has 3 nitrogen and oxygen atoms in total. The molecule has 1 saturated heterocycles. The van der Waals surface area contributed by atoms with E-state index in [0.717, 1.165) is 45.1 Å². The molecule has 1 unspecified atom stereocenters. The van der Waals surface area contributed by atoms with Crippen molar-refractivity contribution in [1.82, 2.24) is 5.32 Å². The fraction of sp³-hybridized carbons (Fsp3) is 0.647. The second kappa shape index (κ2) is 8.98. The summed E-state index contributed by atoms with van der Waals surface area (Å²) in [7, 11) is 0. The molecule has 0 aliphatic carbocycles. The minimum Gasteiger partial charge on any atom is -0.494 e. The van der Waals surface area contributed by atoms with Crippen LogP contribution in [0.15, 0.2) is 24.3 Å². The van der Waals surface area contributed by atoms with Gasteiger partial charge in [0.05, 0.1) is 13.2 Å². The normalized spacial score (nSPS) is 18.9. The highest BCUT2D eigenvalue weighted by Gasteiger charge is 2.12. The lowest BCUT2D eigenvalue weighted by Gasteiger charge is -2.22. The molecule has 112 valence electrons. The molecule has 3 heteroatoms. The molecule has 0 radical (unpaired) electrons. The average Bonchev–Trinajstić information content (AvgIpc) is 2.50. The van der Waals surface area contributed by atoms with Crippen molar-refractivity contribution >= 4 is 0 Å². The van der Waals surface area contributed by atoms with Crippen molar-refractivity contribution in [2.45, 2.75) is 39.2 Å². The molecular weight excluding hydrogens is 250 g/mol. The Kier molecular flexibility index (Phi) is 6.89. The molecule has 1 N–H and O–H groups in total. The average molecular weight is 277 g/mol. The third-order valence-electron chi connectivity index (χ3n) is 3.71. The van der Waals surface area contributed by atoms with Crippen LogP contribution >= 0.6 is 0 Å². The fourth-order valence-corrected chi connectivity index (χ4v) is 2.43. The Morgan fingerprint density at radius 2 is 2.15 bits per heavy atom. The predicted molar refractivity (Wildman–Crippen MR) is 82.1 cm³/mol. The highest BCUT2D eigenvalue weighted by Crippen LogP contribution is 2.14. The van der Waals surface area contributed by atoms with Gasteiger partial charge in [-0.15, -0.1) is 0 Å². The van der Waals surface area contributed by atoms with Crippen LogP contribution in [0.5, 0.6) is 5.75 Å². The van der Waals surface area contributed by atoms with E-state index in [2.05, 4.69) is 36.5 Å². The van der Waals surface area contributed by atoms with Crippen LogP contribution < -0.4 is 10.1 Å². The topological polar surface area (TPSA) is 30.5 Å². The summed E-state index contributed by atoms with van der Waals surface area (Å²) in [6.45, 7) is 6.82. The quantitative estimate of drug-likeness (QED) is 0.739. The maximum atomic E-state index is 5.66. The molecule has 1 aliphatic rings. The Hall–Kier alpha value is -1.06. The van der Waals surface area contributed by atoms with E-state index in [4.69, 9.17) is 9.47 Å². The zero-order valence-electron chi connectivity index (χ0n) is 12.6. The largest absolute Gasteiger partial charge is 0.494 e. The van der Waals surface area contributed by atoms with Crippen molar-refractivity contribution in [2.24, 2.45) is 5.92 Å². The Labute approximate surface area is 122 Å². The van der Waals surface area contributed by atoms with Gasteiger partial charge in [0, 0.05) is 19.7 Å². The van der Waals surface area contributed by atoms with Crippen LogP contribution in [0, 0.1) is 5.92 Å². The van der Waals surface area contributed by atoms with Crippen molar-refractivity contribution in [3.05, 3.63) is 29.8 Å². The van der Waals surface area contributed by atoms with E-state index in [1.54, 1.807) is 0 Å². The van der Waals surface area contributed by atoms with Gasteiger partial charge in [-0.25, -0.2) is 0 Å². The zero-order valence-corrected chi connectivity index (χ0v) is 12.6. The van der Waals surface area contributed by atoms with Gasteiger partial charge in [0.2, 0.25) is 0 Å². The molecule has 1 atom stereocenters. The number of hydrogen-bond acceptors (Lipinski definition) is 3. The first-order valence-corrected chi connectivity index (χ1v) is 7.88. The molecule has 0 bridgehead atoms. The molecule has 1 aliphatic heterocycles. The number of rotatable bonds is 8. The third-order valence-corrected chi connectivity index (χ3v) is 3.71. The summed E-state index contributed by atoms with van der Waals surface area (Å²) in [5.74, 6) is 1.66. The van der Waals surface area contributed by atoms with E-state index in [-0.39, 0.29) is 0 Å². The zero-order chi connectivity index (χ0) is 14.0. The van der Waals surface area contributed by atoms with Gasteiger partial charge in [0.1, 0.15) is 5.75 Å². The maximum absolute atomic E-state index is 5.66. The van der Waals surface area contributed by atoms with E-state index in [1.807, 2.05) is 0 Å². The fourth-order valence-electron chi connectivity index (χ4n) is 2.43. The van der Waals surface area contributed by atoms with Gasteiger partial charge in [-0.3, -0.25) is 0 Å². The first-order valence-electron chi connectivity index (χ1n) is 7.88. The van der Waals surface area contributed by atoms with Crippen molar-refractivity contribution in [1.29, 1.82) is 0 Å². The lowest BCUT2D eigenvalue weighted by atomic mass is 10.0. The van der Waals surface area contributed by atoms with E-state index < -0.39 is 0 Å². The lowest BCUT2D eigenvalue weighted by molar-refractivity contribution is 0.0547. The van der Waals surface area contributed by atoms with Crippen LogP contribution in [0.2, 0.25) is 0 Å². The molecule has 0 saturated carbocycles. The summed E-state index contributed by atoms with van der Waals surface area (Å²) in [4.78, 5) is 0. The van der Waals surface area contributed by atoms with Gasteiger partial charge in [-0.05, 0) is 42.9 Å². The number of nitrogens with one attached hydrogen (secondary N) is 1. The second-order valence-electron chi connectivity index (χ2n) is 5.56. The number of unbranched alkanes of at least 4 members (excludes halogenated alkanes) is 1. The van der Waals surface area contributed by atoms with E-state index in [9.17, 15) is 0 Å². The molecule has 0 amide bonds. The van der Waals surface area contributed by atoms with Crippen LogP contribution in [0.1, 0.15) is 38.2 Å². The van der Waals surface area contributed by atoms with E-state index >= 15 is 0 Å². The summed E-state index contributed by atoms with van der Waals surface area (Å²) in [6.07, 6.45) is 4.78. The van der Waals surface area contributed by atoms with Crippen LogP contribution in [-0.4, -0.2) is 26.4 Å². The lowest BCUT2D eigenvalue weighted by Crippen LogP contribution is -2.28. The Bertz CT molecular complexity index is 358. The molecule has 1 aromatic rings. The molecule has 1 fully saturated rings. The van der Waals surface area contributed by atoms with Gasteiger partial charge >= 0.3 is 0 Å². The van der Waals surface area contributed by atoms with Crippen molar-refractivity contribution in [3.8, 4) is 5.75 Å². The van der Waals surface area contributed by atoms with Gasteiger partial charge < -0.3 is 14.8 Å². The van der Waals surface area contributed by atoms with Crippen molar-refractivity contribution in [2.75, 3.05) is 26.4 Å². The van der Waals surface area contributed by atoms with Crippen molar-refractivity contribution < 1.29 is 9.47 Å². The Morgan fingerprint density at radius 1 is 1.30 bits per heavy atom. The van der Waals surface area contributed by atoms with Crippen LogP contribution in [0.3, 0.4) is 0 Å². The molecule has 0 aromatic heterocycles. The molecule has 1 heterocycles. The highest BCUT2D eigenvalue weighted by atomic mass is 16.5. The SMILES string of the molecule is CCCCOc1ccc(CNCC2CCCOC2)cc1. The van der Waals surface area contributed by atoms with Crippen LogP contribution in [0.4, 0.5) is 0 Å². The molecule has 1 aromatic carbocycles. The van der Waals surface area contributed by atoms with E-state index in [1.165, 1.54) is 24.8 Å². The highest BCUT2D eigenvalue weighted by molar-refractivity contribution is 5.27. The van der Waals surface area contributed by atoms with Gasteiger partial charge in [0.15, 0.2) is 0 Å². The molecular formula is C17H27NO2. The summed E-state index contributed by atoms with van der Waals surface area (Å²) in [5.41, 5.74) is 1.31. The van der Waals surface area contributed by atoms with Crippen LogP contribution in [0.25, 0.3) is 0 Å². The third kappa shape index (κ3) is 5.51. The summed E-state index contributed by atoms with van der Waals surface area (Å²) < 4.78 is 11.2. The van der Waals surface area contributed by atoms with Gasteiger partial charge in [-0.1, -0.05) is 25.5 Å². The van der Waals surface area contributed by atoms with Crippen molar-refractivity contribution in [3.63, 3.8) is 0 Å². The monoisotopic (exact) mass is 277 g/mol. The van der Waals surface area contributed by atoms with Gasteiger partial charge in [-0.2, -0.15) is 0 Å². The molecule has 2 rings (SSSR count). The second-order valence-corrected chi connectivity index (χ2v) is 5.56. The minimum absolute atomic E-state index is 0.681. The standard InChI is InChI=1S/C17H27NO2/c1-2-3-11-20-17-8-6-15(7-9-17)12-18-13-16-5-4-10-19-14-16/h6-9,16,18H,2-5,10-14H2,1H3. The minimum atomic E-state index is 0.681. The first kappa shape index (κ1) is 15.3. The number of hydrogen-bond donors (Lipinski definition) is 1. The summed E-state index contributed by atoms with van der Waals surface area (Å²) >= 11 is 0.